The highest BCUT2D eigenvalue weighted by Gasteiger charge is 2.52. The maximum absolute atomic E-state index is 8.97. The summed E-state index contributed by atoms with van der Waals surface area (Å²) in [6.07, 6.45) is 0. The van der Waals surface area contributed by atoms with Crippen LogP contribution in [0, 0.1) is 18.3 Å². The molecule has 0 aliphatic carbocycles. The van der Waals surface area contributed by atoms with Crippen LogP contribution in [0.5, 0.6) is 0 Å². The van der Waals surface area contributed by atoms with E-state index in [9.17, 15) is 0 Å². The Morgan fingerprint density at radius 3 is 2.16 bits per heavy atom. The molecule has 3 nitrogen and oxygen atoms in total. The summed E-state index contributed by atoms with van der Waals surface area (Å²) in [4.78, 5) is 0. The second kappa shape index (κ2) is 4.52. The molecule has 1 aromatic rings. The van der Waals surface area contributed by atoms with E-state index in [1.165, 1.54) is 0 Å². The topological polar surface area (TPSA) is 42.2 Å². The average molecular weight is 278 g/mol. The monoisotopic (exact) mass is 277 g/mol. The van der Waals surface area contributed by atoms with Gasteiger partial charge in [0.25, 0.3) is 0 Å². The van der Waals surface area contributed by atoms with Crippen LogP contribution in [0.2, 0.25) is 5.02 Å². The number of aryl methyl sites for hydroxylation is 1. The van der Waals surface area contributed by atoms with Crippen molar-refractivity contribution in [3.63, 3.8) is 0 Å². The lowest BCUT2D eigenvalue weighted by molar-refractivity contribution is 0.00578. The zero-order chi connectivity index (χ0) is 14.4. The first-order valence-corrected chi connectivity index (χ1v) is 6.61. The van der Waals surface area contributed by atoms with Gasteiger partial charge in [0.15, 0.2) is 0 Å². The molecule has 0 radical (unpaired) electrons. The zero-order valence-electron chi connectivity index (χ0n) is 11.9. The number of nitrogens with zero attached hydrogens (tertiary/aromatic N) is 1. The predicted molar refractivity (Wildman–Crippen MR) is 76.6 cm³/mol. The number of halogens is 1. The highest BCUT2D eigenvalue weighted by atomic mass is 35.5. The largest absolute Gasteiger partial charge is 0.495 e. The third-order valence-corrected chi connectivity index (χ3v) is 4.30. The van der Waals surface area contributed by atoms with E-state index >= 15 is 0 Å². The molecule has 0 atom stereocenters. The van der Waals surface area contributed by atoms with Gasteiger partial charge in [0.05, 0.1) is 21.8 Å². The van der Waals surface area contributed by atoms with E-state index in [2.05, 4.69) is 6.07 Å². The average Bonchev–Trinajstić information content (AvgIpc) is 2.50. The van der Waals surface area contributed by atoms with Gasteiger partial charge < -0.3 is 9.31 Å². The van der Waals surface area contributed by atoms with Crippen LogP contribution in [-0.4, -0.2) is 18.3 Å². The minimum absolute atomic E-state index is 0.384. The van der Waals surface area contributed by atoms with Gasteiger partial charge in [-0.3, -0.25) is 0 Å². The van der Waals surface area contributed by atoms with Crippen molar-refractivity contribution in [1.82, 2.24) is 0 Å². The molecule has 100 valence electrons. The summed E-state index contributed by atoms with van der Waals surface area (Å²) in [5.74, 6) is 0. The van der Waals surface area contributed by atoms with Crippen molar-refractivity contribution < 1.29 is 9.31 Å². The molecule has 0 N–H and O–H groups in total. The van der Waals surface area contributed by atoms with E-state index in [0.717, 1.165) is 11.0 Å². The number of nitriles is 1. The molecule has 1 aliphatic rings. The molecule has 19 heavy (non-hydrogen) atoms. The molecule has 0 amide bonds. The molecular weight excluding hydrogens is 260 g/mol. The second-order valence-corrected chi connectivity index (χ2v) is 6.30. The fourth-order valence-electron chi connectivity index (χ4n) is 2.01. The lowest BCUT2D eigenvalue weighted by Crippen LogP contribution is -2.41. The SMILES string of the molecule is Cc1cc(C#N)c(Cl)cc1B1OC(C)(C)C(C)(C)O1. The van der Waals surface area contributed by atoms with E-state index in [1.807, 2.05) is 34.6 Å². The van der Waals surface area contributed by atoms with Crippen molar-refractivity contribution in [2.75, 3.05) is 0 Å². The van der Waals surface area contributed by atoms with Crippen LogP contribution in [0.1, 0.15) is 38.8 Å². The highest BCUT2D eigenvalue weighted by Crippen LogP contribution is 2.36. The Balaban J connectivity index is 2.41. The third kappa shape index (κ3) is 2.39. The van der Waals surface area contributed by atoms with Crippen LogP contribution < -0.4 is 5.46 Å². The van der Waals surface area contributed by atoms with Crippen LogP contribution in [0.3, 0.4) is 0 Å². The Kier molecular flexibility index (Phi) is 3.42. The zero-order valence-corrected chi connectivity index (χ0v) is 12.6. The van der Waals surface area contributed by atoms with E-state index in [4.69, 9.17) is 26.2 Å². The second-order valence-electron chi connectivity index (χ2n) is 5.89. The van der Waals surface area contributed by atoms with Crippen molar-refractivity contribution in [2.24, 2.45) is 0 Å². The van der Waals surface area contributed by atoms with Crippen molar-refractivity contribution in [3.8, 4) is 6.07 Å². The molecule has 1 fully saturated rings. The van der Waals surface area contributed by atoms with Crippen LogP contribution >= 0.6 is 11.6 Å². The third-order valence-electron chi connectivity index (χ3n) is 3.98. The van der Waals surface area contributed by atoms with Gasteiger partial charge in [0, 0.05) is 0 Å². The predicted octanol–water partition coefficient (Wildman–Crippen LogP) is 2.82. The number of rotatable bonds is 1. The number of hydrogen-bond donors (Lipinski definition) is 0. The summed E-state index contributed by atoms with van der Waals surface area (Å²) in [5.41, 5.74) is 1.52. The highest BCUT2D eigenvalue weighted by molar-refractivity contribution is 6.63. The Morgan fingerprint density at radius 1 is 1.16 bits per heavy atom. The maximum atomic E-state index is 8.97. The summed E-state index contributed by atoms with van der Waals surface area (Å²) >= 11 is 6.09. The van der Waals surface area contributed by atoms with Crippen LogP contribution in [0.4, 0.5) is 0 Å². The van der Waals surface area contributed by atoms with Gasteiger partial charge in [-0.25, -0.2) is 0 Å². The van der Waals surface area contributed by atoms with Gasteiger partial charge in [-0.1, -0.05) is 11.6 Å². The van der Waals surface area contributed by atoms with Crippen molar-refractivity contribution >= 4 is 24.2 Å². The van der Waals surface area contributed by atoms with Gasteiger partial charge in [0.2, 0.25) is 0 Å². The summed E-state index contributed by atoms with van der Waals surface area (Å²) in [5, 5.41) is 9.40. The summed E-state index contributed by atoms with van der Waals surface area (Å²) in [6.45, 7) is 9.96. The summed E-state index contributed by atoms with van der Waals surface area (Å²) in [6, 6.07) is 5.60. The fraction of sp³-hybridized carbons (Fsp3) is 0.500. The summed E-state index contributed by atoms with van der Waals surface area (Å²) in [7, 11) is -0.449. The molecule has 1 heterocycles. The van der Waals surface area contributed by atoms with E-state index in [-0.39, 0.29) is 11.2 Å². The Hall–Kier alpha value is -1.02. The molecular formula is C14H17BClNO2. The fourth-order valence-corrected chi connectivity index (χ4v) is 2.22. The molecule has 1 aromatic carbocycles. The van der Waals surface area contributed by atoms with Gasteiger partial charge in [0.1, 0.15) is 6.07 Å². The standard InChI is InChI=1S/C14H17BClNO2/c1-9-6-10(8-17)12(16)7-11(9)15-18-13(2,3)14(4,5)19-15/h6-7H,1-5H3. The lowest BCUT2D eigenvalue weighted by Gasteiger charge is -2.32. The normalized spacial score (nSPS) is 20.4. The van der Waals surface area contributed by atoms with E-state index in [0.29, 0.717) is 10.6 Å². The molecule has 2 rings (SSSR count). The van der Waals surface area contributed by atoms with Crippen molar-refractivity contribution in [2.45, 2.75) is 45.8 Å². The molecule has 0 spiro atoms. The van der Waals surface area contributed by atoms with Gasteiger partial charge in [-0.15, -0.1) is 0 Å². The molecule has 0 saturated carbocycles. The van der Waals surface area contributed by atoms with Crippen LogP contribution in [-0.2, 0) is 9.31 Å². The number of benzene rings is 1. The Labute approximate surface area is 119 Å². The van der Waals surface area contributed by atoms with Gasteiger partial charge in [-0.2, -0.15) is 5.26 Å². The molecule has 0 aromatic heterocycles. The van der Waals surface area contributed by atoms with Crippen LogP contribution in [0.25, 0.3) is 0 Å². The molecule has 1 aliphatic heterocycles. The van der Waals surface area contributed by atoms with Crippen molar-refractivity contribution in [1.29, 1.82) is 5.26 Å². The first-order chi connectivity index (χ1) is 8.68. The first kappa shape index (κ1) is 14.4. The molecule has 0 unspecified atom stereocenters. The number of hydrogen-bond acceptors (Lipinski definition) is 3. The maximum Gasteiger partial charge on any atom is 0.495 e. The van der Waals surface area contributed by atoms with Gasteiger partial charge in [-0.05, 0) is 57.8 Å². The molecule has 1 saturated heterocycles. The van der Waals surface area contributed by atoms with Gasteiger partial charge >= 0.3 is 7.12 Å². The molecule has 0 bridgehead atoms. The summed E-state index contributed by atoms with van der Waals surface area (Å²) < 4.78 is 12.0. The lowest BCUT2D eigenvalue weighted by atomic mass is 9.76. The Bertz CT molecular complexity index is 547. The van der Waals surface area contributed by atoms with E-state index in [1.54, 1.807) is 12.1 Å². The van der Waals surface area contributed by atoms with Crippen LogP contribution in [0.15, 0.2) is 12.1 Å². The smallest absolute Gasteiger partial charge is 0.399 e. The Morgan fingerprint density at radius 2 is 1.68 bits per heavy atom. The van der Waals surface area contributed by atoms with Crippen molar-refractivity contribution in [3.05, 3.63) is 28.3 Å². The molecule has 5 heteroatoms. The first-order valence-electron chi connectivity index (χ1n) is 6.24. The van der Waals surface area contributed by atoms with E-state index < -0.39 is 7.12 Å². The minimum Gasteiger partial charge on any atom is -0.399 e. The quantitative estimate of drug-likeness (QED) is 0.741. The minimum atomic E-state index is -0.449.